The zero-order valence-corrected chi connectivity index (χ0v) is 14.2. The third kappa shape index (κ3) is 3.71. The summed E-state index contributed by atoms with van der Waals surface area (Å²) in [4.78, 5) is -0.0370. The van der Waals surface area contributed by atoms with E-state index >= 15 is 0 Å². The van der Waals surface area contributed by atoms with Crippen LogP contribution in [0.3, 0.4) is 0 Å². The Morgan fingerprint density at radius 1 is 1.00 bits per heavy atom. The maximum Gasteiger partial charge on any atom is 0.238 e. The van der Waals surface area contributed by atoms with Crippen molar-refractivity contribution in [2.24, 2.45) is 11.1 Å². The van der Waals surface area contributed by atoms with E-state index in [9.17, 15) is 23.7 Å². The van der Waals surface area contributed by atoms with Gasteiger partial charge in [-0.1, -0.05) is 6.07 Å². The summed E-state index contributed by atoms with van der Waals surface area (Å²) >= 11 is 0. The van der Waals surface area contributed by atoms with Gasteiger partial charge in [-0.3, -0.25) is 0 Å². The molecule has 0 aromatic heterocycles. The number of rotatable bonds is 4. The number of hydrogen-bond acceptors (Lipinski definition) is 6. The van der Waals surface area contributed by atoms with Gasteiger partial charge in [-0.2, -0.15) is 0 Å². The van der Waals surface area contributed by atoms with E-state index in [2.05, 4.69) is 5.32 Å². The Bertz CT molecular complexity index is 898. The lowest BCUT2D eigenvalue weighted by Crippen LogP contribution is -2.16. The minimum atomic E-state index is -3.84. The molecule has 0 unspecified atom stereocenters. The summed E-state index contributed by atoms with van der Waals surface area (Å²) in [5.74, 6) is -0.187. The van der Waals surface area contributed by atoms with Gasteiger partial charge in [0.1, 0.15) is 5.75 Å². The third-order valence-electron chi connectivity index (χ3n) is 4.63. The van der Waals surface area contributed by atoms with E-state index in [1.54, 1.807) is 6.07 Å². The summed E-state index contributed by atoms with van der Waals surface area (Å²) in [6.07, 6.45) is 0.453. The molecule has 134 valence electrons. The number of benzene rings is 2. The highest BCUT2D eigenvalue weighted by atomic mass is 32.2. The number of nitrogens with one attached hydrogen (secondary N) is 1. The van der Waals surface area contributed by atoms with Crippen LogP contribution >= 0.6 is 0 Å². The summed E-state index contributed by atoms with van der Waals surface area (Å²) in [7, 11) is -3.84. The van der Waals surface area contributed by atoms with Crippen LogP contribution in [0.5, 0.6) is 17.2 Å². The summed E-state index contributed by atoms with van der Waals surface area (Å²) in [6, 6.07) is 8.73. The van der Waals surface area contributed by atoms with Gasteiger partial charge in [0.25, 0.3) is 0 Å². The highest BCUT2D eigenvalue weighted by molar-refractivity contribution is 7.89. The second-order valence-corrected chi connectivity index (χ2v) is 7.87. The fourth-order valence-corrected chi connectivity index (χ4v) is 3.86. The Hall–Kier alpha value is -2.29. The first-order valence-corrected chi connectivity index (χ1v) is 9.37. The molecule has 6 N–H and O–H groups in total. The van der Waals surface area contributed by atoms with Crippen LogP contribution in [0.2, 0.25) is 0 Å². The molecule has 1 aliphatic rings. The van der Waals surface area contributed by atoms with Gasteiger partial charge in [0.05, 0.1) is 4.90 Å². The van der Waals surface area contributed by atoms with Crippen molar-refractivity contribution in [1.82, 2.24) is 5.32 Å². The van der Waals surface area contributed by atoms with E-state index in [0.717, 1.165) is 5.56 Å². The van der Waals surface area contributed by atoms with Crippen LogP contribution in [0, 0.1) is 5.92 Å². The second kappa shape index (κ2) is 6.55. The van der Waals surface area contributed by atoms with Crippen molar-refractivity contribution in [2.75, 3.05) is 13.1 Å². The predicted octanol–water partition coefficient (Wildman–Crippen LogP) is 0.996. The molecule has 0 saturated carbocycles. The monoisotopic (exact) mass is 364 g/mol. The average Bonchev–Trinajstić information content (AvgIpc) is 2.99. The maximum absolute atomic E-state index is 11.5. The van der Waals surface area contributed by atoms with Gasteiger partial charge >= 0.3 is 0 Å². The molecular weight excluding hydrogens is 344 g/mol. The molecule has 1 aliphatic heterocycles. The lowest BCUT2D eigenvalue weighted by atomic mass is 9.84. The molecule has 0 spiro atoms. The zero-order valence-electron chi connectivity index (χ0n) is 13.4. The number of phenols is 3. The van der Waals surface area contributed by atoms with Gasteiger partial charge in [-0.25, -0.2) is 13.6 Å². The maximum atomic E-state index is 11.5. The van der Waals surface area contributed by atoms with Crippen LogP contribution in [0.1, 0.15) is 17.0 Å². The van der Waals surface area contributed by atoms with E-state index in [-0.39, 0.29) is 34.0 Å². The Kier molecular flexibility index (Phi) is 4.59. The van der Waals surface area contributed by atoms with E-state index < -0.39 is 10.0 Å². The number of sulfonamides is 1. The Balaban J connectivity index is 1.88. The number of hydrogen-bond donors (Lipinski definition) is 5. The highest BCUT2D eigenvalue weighted by Crippen LogP contribution is 2.36. The number of nitrogens with two attached hydrogens (primary N) is 1. The molecule has 7 nitrogen and oxygen atoms in total. The molecule has 1 saturated heterocycles. The minimum absolute atomic E-state index is 0.0200. The largest absolute Gasteiger partial charge is 0.508 e. The van der Waals surface area contributed by atoms with Crippen molar-refractivity contribution < 1.29 is 23.7 Å². The van der Waals surface area contributed by atoms with Crippen LogP contribution in [0.15, 0.2) is 41.3 Å². The lowest BCUT2D eigenvalue weighted by Gasteiger charge is -2.20. The van der Waals surface area contributed by atoms with Crippen molar-refractivity contribution in [3.05, 3.63) is 47.5 Å². The van der Waals surface area contributed by atoms with Crippen LogP contribution in [-0.2, 0) is 16.4 Å². The summed E-state index contributed by atoms with van der Waals surface area (Å²) in [5, 5.41) is 37.7. The summed E-state index contributed by atoms with van der Waals surface area (Å²) in [6.45, 7) is 1.37. The highest BCUT2D eigenvalue weighted by Gasteiger charge is 2.30. The molecule has 3 rings (SSSR count). The molecule has 25 heavy (non-hydrogen) atoms. The van der Waals surface area contributed by atoms with E-state index in [1.165, 1.54) is 30.3 Å². The topological polar surface area (TPSA) is 133 Å². The molecule has 1 fully saturated rings. The van der Waals surface area contributed by atoms with Crippen molar-refractivity contribution >= 4 is 10.0 Å². The molecule has 2 aromatic carbocycles. The molecule has 0 aliphatic carbocycles. The third-order valence-corrected chi connectivity index (χ3v) is 5.54. The van der Waals surface area contributed by atoms with Crippen LogP contribution in [-0.4, -0.2) is 36.8 Å². The standard InChI is InChI=1S/C17H20N2O5S/c18-25(23,24)13-2-4-15(20)11(6-13)5-12-8-19-9-14(12)10-1-3-16(21)17(22)7-10/h1-4,6-7,12,14,19-22H,5,8-9H2,(H2,18,23,24)/t12-,14+/m1/s1. The second-order valence-electron chi connectivity index (χ2n) is 6.31. The molecule has 2 aromatic rings. The molecular formula is C17H20N2O5S. The fourth-order valence-electron chi connectivity index (χ4n) is 3.29. The number of aromatic hydroxyl groups is 3. The SMILES string of the molecule is NS(=O)(=O)c1ccc(O)c(C[C@@H]2CNC[C@H]2c2ccc(O)c(O)c2)c1. The molecule has 8 heteroatoms. The Morgan fingerprint density at radius 3 is 2.40 bits per heavy atom. The van der Waals surface area contributed by atoms with Gasteiger partial charge in [-0.05, 0) is 60.3 Å². The number of primary sulfonamides is 1. The zero-order chi connectivity index (χ0) is 18.2. The first-order chi connectivity index (χ1) is 11.8. The van der Waals surface area contributed by atoms with Crippen LogP contribution in [0.25, 0.3) is 0 Å². The van der Waals surface area contributed by atoms with Crippen molar-refractivity contribution in [3.63, 3.8) is 0 Å². The Morgan fingerprint density at radius 2 is 1.72 bits per heavy atom. The first-order valence-electron chi connectivity index (χ1n) is 7.83. The lowest BCUT2D eigenvalue weighted by molar-refractivity contribution is 0.401. The quantitative estimate of drug-likeness (QED) is 0.514. The average molecular weight is 364 g/mol. The number of phenolic OH excluding ortho intramolecular Hbond substituents is 3. The van der Waals surface area contributed by atoms with Crippen molar-refractivity contribution in [2.45, 2.75) is 17.2 Å². The van der Waals surface area contributed by atoms with E-state index in [4.69, 9.17) is 5.14 Å². The molecule has 1 heterocycles. The van der Waals surface area contributed by atoms with Gasteiger partial charge in [0.2, 0.25) is 10.0 Å². The van der Waals surface area contributed by atoms with E-state index in [1.807, 2.05) is 0 Å². The predicted molar refractivity (Wildman–Crippen MR) is 92.1 cm³/mol. The van der Waals surface area contributed by atoms with Crippen LogP contribution in [0.4, 0.5) is 0 Å². The minimum Gasteiger partial charge on any atom is -0.508 e. The summed E-state index contributed by atoms with van der Waals surface area (Å²) < 4.78 is 23.0. The van der Waals surface area contributed by atoms with Gasteiger partial charge < -0.3 is 20.6 Å². The Labute approximate surface area is 145 Å². The van der Waals surface area contributed by atoms with Gasteiger partial charge in [0, 0.05) is 12.5 Å². The molecule has 0 bridgehead atoms. The normalized spacial score (nSPS) is 20.7. The van der Waals surface area contributed by atoms with Gasteiger partial charge in [0.15, 0.2) is 11.5 Å². The smallest absolute Gasteiger partial charge is 0.238 e. The van der Waals surface area contributed by atoms with Gasteiger partial charge in [-0.15, -0.1) is 0 Å². The van der Waals surface area contributed by atoms with Crippen molar-refractivity contribution in [3.8, 4) is 17.2 Å². The molecule has 0 amide bonds. The van der Waals surface area contributed by atoms with E-state index in [0.29, 0.717) is 25.1 Å². The molecule has 2 atom stereocenters. The fraction of sp³-hybridized carbons (Fsp3) is 0.294. The first kappa shape index (κ1) is 17.5. The van der Waals surface area contributed by atoms with Crippen LogP contribution < -0.4 is 10.5 Å². The summed E-state index contributed by atoms with van der Waals surface area (Å²) in [5.41, 5.74) is 1.38. The molecule has 0 radical (unpaired) electrons. The van der Waals surface area contributed by atoms with Crippen molar-refractivity contribution in [1.29, 1.82) is 0 Å².